The largest absolute Gasteiger partial charge is 0.462 e. The molecule has 0 amide bonds. The molecule has 0 spiro atoms. The average molecular weight is 324 g/mol. The van der Waals surface area contributed by atoms with Crippen molar-refractivity contribution in [2.24, 2.45) is 0 Å². The standard InChI is InChI=1S/C16H18ClNO2S/c1-4-20-16(19)15-13(18)12(9(2)3)14(21-15)10-6-5-7-11(17)8-10/h5-9H,4,18H2,1-3H3. The van der Waals surface area contributed by atoms with Crippen molar-refractivity contribution in [3.8, 4) is 10.4 Å². The summed E-state index contributed by atoms with van der Waals surface area (Å²) in [6.45, 7) is 6.23. The lowest BCUT2D eigenvalue weighted by atomic mass is 9.98. The van der Waals surface area contributed by atoms with E-state index < -0.39 is 0 Å². The lowest BCUT2D eigenvalue weighted by molar-refractivity contribution is 0.0533. The molecule has 0 aliphatic heterocycles. The first-order valence-electron chi connectivity index (χ1n) is 6.80. The van der Waals surface area contributed by atoms with Crippen LogP contribution in [0.15, 0.2) is 24.3 Å². The number of thiophene rings is 1. The fraction of sp³-hybridized carbons (Fsp3) is 0.312. The summed E-state index contributed by atoms with van der Waals surface area (Å²) < 4.78 is 5.08. The molecular formula is C16H18ClNO2S. The minimum Gasteiger partial charge on any atom is -0.462 e. The molecular weight excluding hydrogens is 306 g/mol. The van der Waals surface area contributed by atoms with Crippen LogP contribution in [0.5, 0.6) is 0 Å². The van der Waals surface area contributed by atoms with Crippen LogP contribution in [0, 0.1) is 0 Å². The predicted octanol–water partition coefficient (Wildman–Crippen LogP) is 4.95. The number of carbonyl (C=O) groups excluding carboxylic acids is 1. The van der Waals surface area contributed by atoms with E-state index in [1.807, 2.05) is 24.3 Å². The molecule has 0 saturated heterocycles. The van der Waals surface area contributed by atoms with Crippen molar-refractivity contribution in [3.05, 3.63) is 39.7 Å². The molecule has 1 heterocycles. The van der Waals surface area contributed by atoms with E-state index in [0.29, 0.717) is 22.2 Å². The number of anilines is 1. The van der Waals surface area contributed by atoms with Gasteiger partial charge in [-0.1, -0.05) is 37.6 Å². The molecule has 0 atom stereocenters. The van der Waals surface area contributed by atoms with E-state index in [-0.39, 0.29) is 11.9 Å². The maximum atomic E-state index is 12.0. The molecule has 2 N–H and O–H groups in total. The molecule has 0 fully saturated rings. The Hall–Kier alpha value is -1.52. The molecule has 0 radical (unpaired) electrons. The summed E-state index contributed by atoms with van der Waals surface area (Å²) in [6, 6.07) is 7.57. The first kappa shape index (κ1) is 15.9. The van der Waals surface area contributed by atoms with Gasteiger partial charge in [-0.25, -0.2) is 4.79 Å². The first-order valence-corrected chi connectivity index (χ1v) is 8.00. The van der Waals surface area contributed by atoms with Crippen LogP contribution < -0.4 is 5.73 Å². The van der Waals surface area contributed by atoms with Gasteiger partial charge in [0.1, 0.15) is 4.88 Å². The Kier molecular flexibility index (Phi) is 4.91. The Morgan fingerprint density at radius 2 is 2.14 bits per heavy atom. The van der Waals surface area contributed by atoms with Gasteiger partial charge in [0.05, 0.1) is 12.3 Å². The third-order valence-electron chi connectivity index (χ3n) is 3.11. The molecule has 0 bridgehead atoms. The first-order chi connectivity index (χ1) is 9.95. The number of ether oxygens (including phenoxy) is 1. The Morgan fingerprint density at radius 1 is 1.43 bits per heavy atom. The van der Waals surface area contributed by atoms with Gasteiger partial charge in [-0.05, 0) is 36.1 Å². The van der Waals surface area contributed by atoms with E-state index in [0.717, 1.165) is 16.0 Å². The number of rotatable bonds is 4. The van der Waals surface area contributed by atoms with Gasteiger partial charge in [0.15, 0.2) is 0 Å². The third kappa shape index (κ3) is 3.22. The highest BCUT2D eigenvalue weighted by Crippen LogP contribution is 2.43. The summed E-state index contributed by atoms with van der Waals surface area (Å²) >= 11 is 7.43. The quantitative estimate of drug-likeness (QED) is 0.810. The monoisotopic (exact) mass is 323 g/mol. The zero-order chi connectivity index (χ0) is 15.6. The van der Waals surface area contributed by atoms with Gasteiger partial charge >= 0.3 is 5.97 Å². The van der Waals surface area contributed by atoms with Crippen molar-refractivity contribution in [2.75, 3.05) is 12.3 Å². The van der Waals surface area contributed by atoms with Crippen LogP contribution in [0.3, 0.4) is 0 Å². The number of halogens is 1. The highest BCUT2D eigenvalue weighted by molar-refractivity contribution is 7.18. The summed E-state index contributed by atoms with van der Waals surface area (Å²) in [5.74, 6) is -0.159. The Bertz CT molecular complexity index is 664. The predicted molar refractivity (Wildman–Crippen MR) is 89.2 cm³/mol. The normalized spacial score (nSPS) is 10.9. The molecule has 3 nitrogen and oxygen atoms in total. The van der Waals surface area contributed by atoms with Crippen LogP contribution >= 0.6 is 22.9 Å². The minimum atomic E-state index is -0.366. The molecule has 0 saturated carbocycles. The third-order valence-corrected chi connectivity index (χ3v) is 4.59. The van der Waals surface area contributed by atoms with E-state index in [1.165, 1.54) is 11.3 Å². The topological polar surface area (TPSA) is 52.3 Å². The molecule has 2 aromatic rings. The van der Waals surface area contributed by atoms with Gasteiger partial charge in [0, 0.05) is 9.90 Å². The van der Waals surface area contributed by atoms with Crippen molar-refractivity contribution in [3.63, 3.8) is 0 Å². The number of hydrogen-bond donors (Lipinski definition) is 1. The van der Waals surface area contributed by atoms with Crippen LogP contribution in [0.1, 0.15) is 41.9 Å². The van der Waals surface area contributed by atoms with E-state index >= 15 is 0 Å². The second kappa shape index (κ2) is 6.50. The van der Waals surface area contributed by atoms with Gasteiger partial charge < -0.3 is 10.5 Å². The maximum absolute atomic E-state index is 12.0. The maximum Gasteiger partial charge on any atom is 0.350 e. The number of carbonyl (C=O) groups is 1. The fourth-order valence-corrected chi connectivity index (χ4v) is 3.68. The van der Waals surface area contributed by atoms with E-state index in [9.17, 15) is 4.79 Å². The summed E-state index contributed by atoms with van der Waals surface area (Å²) in [4.78, 5) is 13.5. The lowest BCUT2D eigenvalue weighted by Crippen LogP contribution is -2.06. The van der Waals surface area contributed by atoms with Crippen molar-refractivity contribution in [1.29, 1.82) is 0 Å². The number of nitrogens with two attached hydrogens (primary N) is 1. The molecule has 1 aromatic carbocycles. The summed E-state index contributed by atoms with van der Waals surface area (Å²) in [6.07, 6.45) is 0. The van der Waals surface area contributed by atoms with Crippen LogP contribution in [0.4, 0.5) is 5.69 Å². The van der Waals surface area contributed by atoms with Crippen LogP contribution in [-0.4, -0.2) is 12.6 Å². The zero-order valence-corrected chi connectivity index (χ0v) is 13.8. The van der Waals surface area contributed by atoms with Crippen molar-refractivity contribution < 1.29 is 9.53 Å². The smallest absolute Gasteiger partial charge is 0.350 e. The van der Waals surface area contributed by atoms with E-state index in [4.69, 9.17) is 22.1 Å². The average Bonchev–Trinajstić information content (AvgIpc) is 2.77. The van der Waals surface area contributed by atoms with Gasteiger partial charge in [-0.2, -0.15) is 0 Å². The van der Waals surface area contributed by atoms with E-state index in [2.05, 4.69) is 13.8 Å². The molecule has 2 rings (SSSR count). The van der Waals surface area contributed by atoms with Crippen LogP contribution in [-0.2, 0) is 4.74 Å². The molecule has 1 aromatic heterocycles. The van der Waals surface area contributed by atoms with Gasteiger partial charge in [-0.15, -0.1) is 11.3 Å². The molecule has 0 unspecified atom stereocenters. The highest BCUT2D eigenvalue weighted by atomic mass is 35.5. The second-order valence-corrected chi connectivity index (χ2v) is 6.43. The summed E-state index contributed by atoms with van der Waals surface area (Å²) in [5, 5.41) is 0.659. The number of esters is 1. The zero-order valence-electron chi connectivity index (χ0n) is 12.3. The Balaban J connectivity index is 2.60. The van der Waals surface area contributed by atoms with Crippen LogP contribution in [0.2, 0.25) is 5.02 Å². The summed E-state index contributed by atoms with van der Waals surface area (Å²) in [7, 11) is 0. The van der Waals surface area contributed by atoms with Crippen molar-refractivity contribution >= 4 is 34.6 Å². The molecule has 5 heteroatoms. The highest BCUT2D eigenvalue weighted by Gasteiger charge is 2.24. The number of benzene rings is 1. The SMILES string of the molecule is CCOC(=O)c1sc(-c2cccc(Cl)c2)c(C(C)C)c1N. The molecule has 112 valence electrons. The van der Waals surface area contributed by atoms with Crippen molar-refractivity contribution in [2.45, 2.75) is 26.7 Å². The lowest BCUT2D eigenvalue weighted by Gasteiger charge is -2.09. The van der Waals surface area contributed by atoms with Crippen LogP contribution in [0.25, 0.3) is 10.4 Å². The van der Waals surface area contributed by atoms with Gasteiger partial charge in [0.2, 0.25) is 0 Å². The number of hydrogen-bond acceptors (Lipinski definition) is 4. The van der Waals surface area contributed by atoms with Crippen molar-refractivity contribution in [1.82, 2.24) is 0 Å². The van der Waals surface area contributed by atoms with Gasteiger partial charge in [-0.3, -0.25) is 0 Å². The fourth-order valence-electron chi connectivity index (χ4n) is 2.22. The molecule has 21 heavy (non-hydrogen) atoms. The van der Waals surface area contributed by atoms with E-state index in [1.54, 1.807) is 6.92 Å². The Morgan fingerprint density at radius 3 is 2.71 bits per heavy atom. The number of nitrogen functional groups attached to an aromatic ring is 1. The summed E-state index contributed by atoms with van der Waals surface area (Å²) in [5.41, 5.74) is 8.65. The Labute approximate surface area is 133 Å². The van der Waals surface area contributed by atoms with Gasteiger partial charge in [0.25, 0.3) is 0 Å². The second-order valence-electron chi connectivity index (χ2n) is 4.97. The molecule has 0 aliphatic rings. The minimum absolute atomic E-state index is 0.207. The molecule has 0 aliphatic carbocycles.